The van der Waals surface area contributed by atoms with E-state index in [-0.39, 0.29) is 13.7 Å². The predicted octanol–water partition coefficient (Wildman–Crippen LogP) is 27.4. The number of para-hydroxylation sites is 4. The molecule has 0 aliphatic carbocycles. The van der Waals surface area contributed by atoms with E-state index in [0.29, 0.717) is 0 Å². The normalized spacial score (nSPS) is 13.1. The van der Waals surface area contributed by atoms with Gasteiger partial charge in [-0.05, 0) is 247 Å². The van der Waals surface area contributed by atoms with E-state index >= 15 is 0 Å². The Labute approximate surface area is 686 Å². The molecule has 4 aliphatic rings. The molecule has 0 N–H and O–H groups in total. The summed E-state index contributed by atoms with van der Waals surface area (Å²) in [5, 5.41) is 19.4. The summed E-state index contributed by atoms with van der Waals surface area (Å²) in [5.74, 6) is 0. The Morgan fingerprint density at radius 2 is 0.689 bits per heavy atom. The number of furan rings is 1. The van der Waals surface area contributed by atoms with E-state index in [4.69, 9.17) is 4.42 Å². The Balaban J connectivity index is 0.763. The van der Waals surface area contributed by atoms with Gasteiger partial charge in [-0.25, -0.2) is 0 Å². The quantitative estimate of drug-likeness (QED) is 0.118. The van der Waals surface area contributed by atoms with Crippen LogP contribution < -0.4 is 31.7 Å². The van der Waals surface area contributed by atoms with E-state index in [1.807, 2.05) is 0 Å². The van der Waals surface area contributed by atoms with E-state index in [0.717, 1.165) is 77.9 Å². The fourth-order valence-corrected chi connectivity index (χ4v) is 22.3. The van der Waals surface area contributed by atoms with Crippen molar-refractivity contribution >= 4 is 189 Å². The van der Waals surface area contributed by atoms with Crippen molar-refractivity contribution in [1.29, 1.82) is 0 Å². The van der Waals surface area contributed by atoms with E-state index in [1.54, 1.807) is 0 Å². The van der Waals surface area contributed by atoms with Crippen molar-refractivity contribution in [3.8, 4) is 77.9 Å². The summed E-state index contributed by atoms with van der Waals surface area (Å²) in [4.78, 5) is 5.36. The first-order valence-electron chi connectivity index (χ1n) is 41.6. The minimum Gasteiger partial charge on any atom is -0.455 e. The molecule has 0 unspecified atom stereocenters. The van der Waals surface area contributed by atoms with Crippen molar-refractivity contribution < 1.29 is 4.42 Å². The Kier molecular flexibility index (Phi) is 13.3. The molecule has 0 amide bonds. The first-order valence-corrected chi connectivity index (χ1v) is 41.6. The molecule has 119 heavy (non-hydrogen) atoms. The number of hydrogen-bond donors (Lipinski definition) is 0. The fraction of sp³-hybridized carbons (Fsp3) is 0.0179. The minimum atomic E-state index is -0.269. The van der Waals surface area contributed by atoms with Gasteiger partial charge >= 0.3 is 13.7 Å². The average molecular weight is 1510 g/mol. The maximum atomic E-state index is 7.36. The Morgan fingerprint density at radius 1 is 0.252 bits per heavy atom. The topological polar surface area (TPSA) is 29.5 Å². The standard InChI is InChI=1S/C112H68B2N4O/c1-65-90-57-73-38-17-15-36-71(73)52-78(90)59-95-108(65)115(80-55-76(67-28-7-3-8-29-67)54-77(56-80)68-30-9-4-10-31-68)99-61-75-40-19-20-41-82(75)104-88-47-26-46-87-103-86(45-27-50-98(103)118(111(87)88)113(95)106(99)104)102-92(69-32-11-5-12-33-69)62-81(63-93(102)70-34-13-6-14-35-70)116-100-64-94-84-43-22-24-51-101(84)119-112(94)105-89-48-25-44-85-83-42-21-23-49-97(83)117(110(85)89)114(107(100)105)96-60-79-53-72-37-16-18-39-74(72)58-91(79)66(2)109(96)116/h3-64H,1-2H3. The summed E-state index contributed by atoms with van der Waals surface area (Å²) >= 11 is 0. The molecule has 0 fully saturated rings. The van der Waals surface area contributed by atoms with Crippen LogP contribution in [0.1, 0.15) is 11.1 Å². The van der Waals surface area contributed by atoms with Crippen LogP contribution in [0.4, 0.5) is 34.1 Å². The fourth-order valence-electron chi connectivity index (χ4n) is 22.3. The number of nitrogens with zero attached hydrogens (tertiary/aromatic N) is 4. The maximum absolute atomic E-state index is 7.36. The molecule has 548 valence electrons. The lowest BCUT2D eigenvalue weighted by Crippen LogP contribution is -2.57. The molecular formula is C112H68B2N4O. The third-order valence-corrected chi connectivity index (χ3v) is 27.2. The molecule has 0 spiro atoms. The molecular weight excluding hydrogens is 1440 g/mol. The van der Waals surface area contributed by atoms with Crippen LogP contribution in [-0.4, -0.2) is 22.7 Å². The zero-order valence-corrected chi connectivity index (χ0v) is 65.1. The van der Waals surface area contributed by atoms with E-state index in [1.165, 1.54) is 186 Å². The van der Waals surface area contributed by atoms with Gasteiger partial charge in [-0.15, -0.1) is 0 Å². The zero-order valence-electron chi connectivity index (χ0n) is 65.1. The lowest BCUT2D eigenvalue weighted by Gasteiger charge is -2.42. The lowest BCUT2D eigenvalue weighted by molar-refractivity contribution is 0.670. The summed E-state index contributed by atoms with van der Waals surface area (Å²) in [6.45, 7) is 4.28. The van der Waals surface area contributed by atoms with Gasteiger partial charge in [0.15, 0.2) is 0 Å². The highest BCUT2D eigenvalue weighted by Crippen LogP contribution is 2.57. The van der Waals surface area contributed by atoms with Crippen LogP contribution in [0.3, 0.4) is 0 Å². The number of rotatable bonds is 7. The second kappa shape index (κ2) is 24.2. The van der Waals surface area contributed by atoms with Crippen molar-refractivity contribution in [2.45, 2.75) is 13.8 Å². The highest BCUT2D eigenvalue weighted by Gasteiger charge is 2.48. The van der Waals surface area contributed by atoms with Crippen molar-refractivity contribution in [1.82, 2.24) is 8.96 Å². The van der Waals surface area contributed by atoms with Gasteiger partial charge in [-0.3, -0.25) is 0 Å². The van der Waals surface area contributed by atoms with Crippen molar-refractivity contribution in [2.24, 2.45) is 0 Å². The molecule has 20 aromatic carbocycles. The number of fused-ring (bicyclic) bond motifs is 24. The van der Waals surface area contributed by atoms with Gasteiger partial charge in [-0.1, -0.05) is 291 Å². The maximum Gasteiger partial charge on any atom is 0.333 e. The summed E-state index contributed by atoms with van der Waals surface area (Å²) < 4.78 is 12.8. The van der Waals surface area contributed by atoms with Gasteiger partial charge < -0.3 is 23.2 Å². The molecule has 0 bridgehead atoms. The number of anilines is 6. The van der Waals surface area contributed by atoms with Gasteiger partial charge in [0.25, 0.3) is 0 Å². The number of benzene rings is 20. The van der Waals surface area contributed by atoms with Crippen LogP contribution in [-0.2, 0) is 0 Å². The number of aryl methyl sites for hydroxylation is 2. The molecule has 7 heteroatoms. The van der Waals surface area contributed by atoms with Crippen LogP contribution in [0, 0.1) is 13.8 Å². The van der Waals surface area contributed by atoms with E-state index in [9.17, 15) is 0 Å². The summed E-state index contributed by atoms with van der Waals surface area (Å²) in [6, 6.07) is 143. The van der Waals surface area contributed by atoms with Gasteiger partial charge in [0.05, 0.1) is 0 Å². The van der Waals surface area contributed by atoms with Crippen molar-refractivity contribution in [3.63, 3.8) is 0 Å². The Hall–Kier alpha value is -15.2. The first kappa shape index (κ1) is 65.1. The molecule has 0 radical (unpaired) electrons. The van der Waals surface area contributed by atoms with Gasteiger partial charge in [-0.2, -0.15) is 0 Å². The zero-order chi connectivity index (χ0) is 77.7. The third kappa shape index (κ3) is 8.95. The minimum absolute atomic E-state index is 0.236. The molecule has 0 atom stereocenters. The molecule has 23 aromatic rings. The molecule has 3 aromatic heterocycles. The van der Waals surface area contributed by atoms with Crippen molar-refractivity contribution in [2.75, 3.05) is 9.80 Å². The highest BCUT2D eigenvalue weighted by atomic mass is 16.3. The van der Waals surface area contributed by atoms with Crippen molar-refractivity contribution in [3.05, 3.63) is 387 Å². The van der Waals surface area contributed by atoms with E-state index < -0.39 is 0 Å². The third-order valence-electron chi connectivity index (χ3n) is 27.2. The van der Waals surface area contributed by atoms with Gasteiger partial charge in [0.2, 0.25) is 0 Å². The SMILES string of the molecule is Cc1c2c(cc3cc4ccccc4cc13)B1c3c(cc4ccccc4c3-c3cccc4c5c(-c6c(-c7ccccc7)cc(N7c8cc9c(oc%10ccccc%109)c9c8B(c8cc%10cc%11ccccc%11cc%10c(C)c87)n7c8ccccc8c8cccc-9c87)cc6-c6ccccc6)cccc5n1c34)N2c1cc(-c2ccccc2)cc(-c2ccccc2)c1. The average Bonchev–Trinajstić information content (AvgIpc) is 1.61. The molecule has 4 aliphatic heterocycles. The lowest BCUT2D eigenvalue weighted by atomic mass is 9.44. The molecule has 7 heterocycles. The summed E-state index contributed by atoms with van der Waals surface area (Å²) in [5.41, 5.74) is 37.4. The monoisotopic (exact) mass is 1510 g/mol. The van der Waals surface area contributed by atoms with Crippen LogP contribution in [0.25, 0.3) is 197 Å². The smallest absolute Gasteiger partial charge is 0.333 e. The Morgan fingerprint density at radius 3 is 1.29 bits per heavy atom. The molecule has 0 saturated heterocycles. The summed E-state index contributed by atoms with van der Waals surface area (Å²) in [6.07, 6.45) is 0. The molecule has 0 saturated carbocycles. The van der Waals surface area contributed by atoms with Crippen LogP contribution in [0.5, 0.6) is 0 Å². The summed E-state index contributed by atoms with van der Waals surface area (Å²) in [7, 11) is 0. The molecule has 5 nitrogen and oxygen atoms in total. The largest absolute Gasteiger partial charge is 0.455 e. The highest BCUT2D eigenvalue weighted by molar-refractivity contribution is 6.91. The predicted molar refractivity (Wildman–Crippen MR) is 505 cm³/mol. The van der Waals surface area contributed by atoms with Crippen LogP contribution in [0.2, 0.25) is 0 Å². The van der Waals surface area contributed by atoms with Crippen LogP contribution in [0.15, 0.2) is 381 Å². The number of aromatic nitrogens is 2. The number of hydrogen-bond acceptors (Lipinski definition) is 3. The van der Waals surface area contributed by atoms with Gasteiger partial charge in [0.1, 0.15) is 11.2 Å². The second-order valence-corrected chi connectivity index (χ2v) is 33.3. The second-order valence-electron chi connectivity index (χ2n) is 33.3. The first-order chi connectivity index (χ1) is 58.9. The Bertz CT molecular complexity index is 8350. The van der Waals surface area contributed by atoms with Gasteiger partial charge in [0, 0.05) is 105 Å². The van der Waals surface area contributed by atoms with E-state index in [2.05, 4.69) is 409 Å². The molecule has 27 rings (SSSR count). The van der Waals surface area contributed by atoms with Crippen LogP contribution >= 0.6 is 0 Å².